The molecule has 0 radical (unpaired) electrons. The smallest absolute Gasteiger partial charge is 0.507 e. The number of likely N-dealkylation sites (tertiary alicyclic amines) is 1. The fourth-order valence-corrected chi connectivity index (χ4v) is 10.9. The van der Waals surface area contributed by atoms with Crippen molar-refractivity contribution in [1.82, 2.24) is 15.0 Å². The second-order valence-corrected chi connectivity index (χ2v) is 24.2. The fourth-order valence-electron chi connectivity index (χ4n) is 9.41. The number of hydrogen-bond acceptors (Lipinski definition) is 12. The first-order chi connectivity index (χ1) is 28.7. The summed E-state index contributed by atoms with van der Waals surface area (Å²) in [6, 6.07) is 12.7. The topological polar surface area (TPSA) is 141 Å². The van der Waals surface area contributed by atoms with E-state index in [1.807, 2.05) is 43.4 Å². The first-order valence-electron chi connectivity index (χ1n) is 21.4. The summed E-state index contributed by atoms with van der Waals surface area (Å²) in [5, 5.41) is 16.6. The molecule has 1 aliphatic heterocycles. The van der Waals surface area contributed by atoms with Crippen LogP contribution in [-0.2, 0) is 27.0 Å². The van der Waals surface area contributed by atoms with Crippen LogP contribution < -0.4 is 9.47 Å². The summed E-state index contributed by atoms with van der Waals surface area (Å²) >= 11 is 0. The Balaban J connectivity index is 1.45. The number of aliphatic hydroxyl groups is 1. The van der Waals surface area contributed by atoms with Crippen molar-refractivity contribution in [2.45, 2.75) is 115 Å². The van der Waals surface area contributed by atoms with Gasteiger partial charge in [0.1, 0.15) is 29.3 Å². The lowest BCUT2D eigenvalue weighted by molar-refractivity contribution is -0.141. The van der Waals surface area contributed by atoms with Crippen LogP contribution in [0, 0.1) is 11.8 Å². The molecule has 2 unspecified atom stereocenters. The van der Waals surface area contributed by atoms with Crippen LogP contribution in [0.2, 0.25) is 18.1 Å². The number of ketones is 2. The number of Topliss-reactive ketones (excluding diaryl/α,β-unsaturated/α-hetero) is 2. The van der Waals surface area contributed by atoms with E-state index in [4.69, 9.17) is 23.2 Å². The summed E-state index contributed by atoms with van der Waals surface area (Å²) in [6.45, 7) is 25.3. The van der Waals surface area contributed by atoms with E-state index in [1.165, 1.54) is 0 Å². The lowest BCUT2D eigenvalue weighted by atomic mass is 9.57. The van der Waals surface area contributed by atoms with Crippen molar-refractivity contribution < 1.29 is 42.6 Å². The molecule has 0 bridgehead atoms. The third-order valence-corrected chi connectivity index (χ3v) is 17.6. The molecule has 7 rings (SSSR count). The average molecular weight is 852 g/mol. The average Bonchev–Trinajstić information content (AvgIpc) is 3.80. The Morgan fingerprint density at radius 3 is 2.34 bits per heavy atom. The van der Waals surface area contributed by atoms with Crippen LogP contribution in [-0.4, -0.2) is 84.0 Å². The highest BCUT2D eigenvalue weighted by molar-refractivity contribution is 6.74. The maximum atomic E-state index is 16.1. The molecule has 1 saturated carbocycles. The number of aromatic nitrogens is 1. The molecule has 1 N–H and O–H groups in total. The van der Waals surface area contributed by atoms with Crippen molar-refractivity contribution in [3.05, 3.63) is 107 Å². The fraction of sp³-hybridized carbons (Fsp3) is 0.500. The normalized spacial score (nSPS) is 24.2. The number of fused-ring (bicyclic) bond motifs is 4. The highest BCUT2D eigenvalue weighted by Gasteiger charge is 2.69. The van der Waals surface area contributed by atoms with Crippen molar-refractivity contribution in [1.29, 1.82) is 0 Å². The third-order valence-electron chi connectivity index (χ3n) is 13.2. The molecule has 3 aromatic rings. The zero-order valence-corrected chi connectivity index (χ0v) is 38.1. The predicted molar refractivity (Wildman–Crippen MR) is 235 cm³/mol. The van der Waals surface area contributed by atoms with E-state index in [0.717, 1.165) is 36.1 Å². The Morgan fingerprint density at radius 2 is 1.74 bits per heavy atom. The lowest BCUT2D eigenvalue weighted by Crippen LogP contribution is -2.68. The maximum absolute atomic E-state index is 16.1. The van der Waals surface area contributed by atoms with Gasteiger partial charge in [0.05, 0.1) is 11.6 Å². The van der Waals surface area contributed by atoms with Gasteiger partial charge in [0.2, 0.25) is 11.6 Å². The second-order valence-electron chi connectivity index (χ2n) is 19.5. The third kappa shape index (κ3) is 8.06. The number of aliphatic hydroxyl groups excluding tert-OH is 1. The monoisotopic (exact) mass is 851 g/mol. The van der Waals surface area contributed by atoms with Crippen LogP contribution in [0.4, 0.5) is 4.79 Å². The Morgan fingerprint density at radius 1 is 1.05 bits per heavy atom. The maximum Gasteiger partial charge on any atom is 0.514 e. The van der Waals surface area contributed by atoms with Gasteiger partial charge in [0.25, 0.3) is 5.88 Å². The van der Waals surface area contributed by atoms with Crippen molar-refractivity contribution >= 4 is 31.8 Å². The standard InChI is InChI=1S/C48H61N3O9Si/c1-12-21-51(22-13-2)39-33-26-32-25-31-24-30(34-20-17-23-50(34)9)27-35(57-45(55)58-46(3,4)5)36(31)40(52)37(32)42(53)48(33,60-61(10,11)47(6,7)8)43(54)38-41(39)59-49-44(38)56-28-29-18-15-14-16-19-29/h12-16,18-19,24,27,32-34,39,52H,1-2,17,20-23,25-26,28H2,3-11H3/t32-,33-,34?,39-,48?/m0/s1. The molecule has 326 valence electrons. The molecule has 0 amide bonds. The summed E-state index contributed by atoms with van der Waals surface area (Å²) < 4.78 is 31.3. The van der Waals surface area contributed by atoms with Crippen LogP contribution in [0.1, 0.15) is 111 Å². The number of rotatable bonds is 12. The zero-order valence-electron chi connectivity index (χ0n) is 37.1. The van der Waals surface area contributed by atoms with Gasteiger partial charge >= 0.3 is 6.16 Å². The van der Waals surface area contributed by atoms with Gasteiger partial charge in [-0.3, -0.25) is 19.4 Å². The molecule has 13 heteroatoms. The summed E-state index contributed by atoms with van der Waals surface area (Å²) in [5.41, 5.74) is -0.102. The first-order valence-corrected chi connectivity index (χ1v) is 24.3. The molecule has 1 saturated heterocycles. The van der Waals surface area contributed by atoms with Crippen LogP contribution in [0.25, 0.3) is 5.76 Å². The first kappa shape index (κ1) is 44.2. The Hall–Kier alpha value is -4.82. The predicted octanol–water partition coefficient (Wildman–Crippen LogP) is 9.74. The summed E-state index contributed by atoms with van der Waals surface area (Å²) in [5.74, 6) is -2.56. The molecule has 12 nitrogen and oxygen atoms in total. The van der Waals surface area contributed by atoms with Gasteiger partial charge in [-0.05, 0) is 112 Å². The zero-order chi connectivity index (χ0) is 44.2. The number of carbonyl (C=O) groups excluding carboxylic acids is 3. The molecule has 2 aromatic carbocycles. The Bertz CT molecular complexity index is 2240. The Labute approximate surface area is 360 Å². The summed E-state index contributed by atoms with van der Waals surface area (Å²) in [7, 11) is -0.940. The van der Waals surface area contributed by atoms with E-state index in [9.17, 15) is 9.90 Å². The molecule has 4 aliphatic rings. The van der Waals surface area contributed by atoms with Gasteiger partial charge < -0.3 is 28.3 Å². The van der Waals surface area contributed by atoms with Gasteiger partial charge in [0, 0.05) is 30.6 Å². The highest BCUT2D eigenvalue weighted by Crippen LogP contribution is 2.59. The molecule has 2 heterocycles. The minimum atomic E-state index is -3.01. The number of ether oxygens (including phenoxy) is 3. The van der Waals surface area contributed by atoms with Crippen molar-refractivity contribution in [2.24, 2.45) is 11.8 Å². The molecule has 2 fully saturated rings. The van der Waals surface area contributed by atoms with E-state index < -0.39 is 60.2 Å². The molecule has 3 aliphatic carbocycles. The van der Waals surface area contributed by atoms with Crippen molar-refractivity contribution in [3.63, 3.8) is 0 Å². The number of benzene rings is 2. The second kappa shape index (κ2) is 16.5. The summed E-state index contributed by atoms with van der Waals surface area (Å²) in [6.07, 6.45) is 5.13. The van der Waals surface area contributed by atoms with Gasteiger partial charge in [-0.25, -0.2) is 4.79 Å². The number of hydrogen-bond donors (Lipinski definition) is 1. The lowest BCUT2D eigenvalue weighted by Gasteiger charge is -2.55. The molecule has 61 heavy (non-hydrogen) atoms. The van der Waals surface area contributed by atoms with E-state index in [2.05, 4.69) is 62.0 Å². The number of nitrogens with zero attached hydrogens (tertiary/aromatic N) is 3. The van der Waals surface area contributed by atoms with Gasteiger partial charge in [-0.2, -0.15) is 0 Å². The molecule has 5 atom stereocenters. The minimum Gasteiger partial charge on any atom is -0.507 e. The van der Waals surface area contributed by atoms with Crippen LogP contribution >= 0.6 is 0 Å². The van der Waals surface area contributed by atoms with E-state index in [0.29, 0.717) is 19.5 Å². The van der Waals surface area contributed by atoms with E-state index in [1.54, 1.807) is 39.0 Å². The molecular formula is C48H61N3O9Si. The minimum absolute atomic E-state index is 0.0383. The van der Waals surface area contributed by atoms with Gasteiger partial charge in [-0.15, -0.1) is 13.2 Å². The quantitative estimate of drug-likeness (QED) is 0.0610. The Kier molecular flexibility index (Phi) is 11.9. The van der Waals surface area contributed by atoms with E-state index in [-0.39, 0.29) is 58.9 Å². The largest absolute Gasteiger partial charge is 0.514 e. The van der Waals surface area contributed by atoms with Gasteiger partial charge in [0.15, 0.2) is 19.7 Å². The van der Waals surface area contributed by atoms with Crippen LogP contribution in [0.15, 0.2) is 77.9 Å². The van der Waals surface area contributed by atoms with Crippen molar-refractivity contribution in [2.75, 3.05) is 26.7 Å². The molecule has 0 spiro atoms. The van der Waals surface area contributed by atoms with Crippen LogP contribution in [0.5, 0.6) is 11.6 Å². The SMILES string of the molecule is C=CCN(CC=C)[C@@H]1c2onc(OCc3ccccc3)c2C(=O)C2(O[Si](C)(C)C(C)(C)C)C(=O)C3=C(O)c4c(cc(C5CCCN5C)cc4OC(=O)OC(C)(C)C)C[C@H]3C[C@@H]12. The highest BCUT2D eigenvalue weighted by atomic mass is 28.4. The van der Waals surface area contributed by atoms with Crippen LogP contribution in [0.3, 0.4) is 0 Å². The summed E-state index contributed by atoms with van der Waals surface area (Å²) in [4.78, 5) is 49.6. The molecule has 1 aromatic heterocycles. The van der Waals surface area contributed by atoms with Crippen molar-refractivity contribution in [3.8, 4) is 11.6 Å². The van der Waals surface area contributed by atoms with E-state index >= 15 is 9.59 Å². The number of carbonyl (C=O) groups is 3. The van der Waals surface area contributed by atoms with Gasteiger partial charge in [-0.1, -0.05) is 69.3 Å². The molecular weight excluding hydrogens is 791 g/mol.